The lowest BCUT2D eigenvalue weighted by Gasteiger charge is -2.19. The van der Waals surface area contributed by atoms with Crippen LogP contribution in [-0.2, 0) is 5.41 Å². The zero-order valence-corrected chi connectivity index (χ0v) is 14.3. The number of carbonyl (C=O) groups excluding carboxylic acids is 1. The van der Waals surface area contributed by atoms with Gasteiger partial charge in [0.2, 0.25) is 0 Å². The van der Waals surface area contributed by atoms with E-state index in [2.05, 4.69) is 53.7 Å². The number of hydrogen-bond acceptors (Lipinski definition) is 4. The largest absolute Gasteiger partial charge is 0.348 e. The van der Waals surface area contributed by atoms with E-state index < -0.39 is 0 Å². The molecule has 0 aliphatic rings. The maximum atomic E-state index is 11.8. The molecule has 0 atom stereocenters. The lowest BCUT2D eigenvalue weighted by molar-refractivity contribution is 0.0937. The molecular weight excluding hydrogens is 288 g/mol. The molecule has 1 aromatic heterocycles. The fraction of sp³-hybridized carbons (Fsp3) is 0.389. The van der Waals surface area contributed by atoms with Crippen molar-refractivity contribution in [2.45, 2.75) is 46.1 Å². The minimum absolute atomic E-state index is 0.0726. The van der Waals surface area contributed by atoms with E-state index >= 15 is 0 Å². The van der Waals surface area contributed by atoms with Crippen molar-refractivity contribution in [1.82, 2.24) is 15.5 Å². The Morgan fingerprint density at radius 1 is 1.00 bits per heavy atom. The van der Waals surface area contributed by atoms with Crippen molar-refractivity contribution in [1.29, 1.82) is 0 Å². The van der Waals surface area contributed by atoms with Gasteiger partial charge in [-0.15, -0.1) is 10.2 Å². The monoisotopic (exact) mass is 312 g/mol. The first-order valence-electron chi connectivity index (χ1n) is 7.78. The number of aromatic nitrogens is 2. The maximum Gasteiger partial charge on any atom is 0.271 e. The van der Waals surface area contributed by atoms with E-state index in [9.17, 15) is 4.79 Å². The molecule has 0 saturated heterocycles. The molecule has 0 fully saturated rings. The molecule has 0 unspecified atom stereocenters. The van der Waals surface area contributed by atoms with Gasteiger partial charge in [0.05, 0.1) is 0 Å². The van der Waals surface area contributed by atoms with Crippen LogP contribution in [0.15, 0.2) is 36.4 Å². The molecule has 2 N–H and O–H groups in total. The van der Waals surface area contributed by atoms with Crippen molar-refractivity contribution < 1.29 is 4.79 Å². The number of hydrogen-bond donors (Lipinski definition) is 2. The Labute approximate surface area is 137 Å². The van der Waals surface area contributed by atoms with Crippen LogP contribution in [0.1, 0.15) is 50.7 Å². The molecule has 0 spiro atoms. The summed E-state index contributed by atoms with van der Waals surface area (Å²) in [6.45, 7) is 10.4. The third-order valence-electron chi connectivity index (χ3n) is 3.34. The minimum Gasteiger partial charge on any atom is -0.348 e. The first-order chi connectivity index (χ1) is 10.8. The molecule has 122 valence electrons. The Balaban J connectivity index is 2.05. The molecule has 1 heterocycles. The van der Waals surface area contributed by atoms with Gasteiger partial charge < -0.3 is 10.6 Å². The van der Waals surface area contributed by atoms with E-state index in [0.29, 0.717) is 11.5 Å². The van der Waals surface area contributed by atoms with Crippen molar-refractivity contribution >= 4 is 17.4 Å². The van der Waals surface area contributed by atoms with Crippen LogP contribution in [0, 0.1) is 0 Å². The minimum atomic E-state index is -0.214. The smallest absolute Gasteiger partial charge is 0.271 e. The molecule has 0 bridgehead atoms. The summed E-state index contributed by atoms with van der Waals surface area (Å²) in [4.78, 5) is 11.8. The summed E-state index contributed by atoms with van der Waals surface area (Å²) in [5.41, 5.74) is 2.65. The summed E-state index contributed by atoms with van der Waals surface area (Å²) < 4.78 is 0. The zero-order valence-electron chi connectivity index (χ0n) is 14.3. The van der Waals surface area contributed by atoms with Crippen molar-refractivity contribution in [2.75, 3.05) is 5.32 Å². The Morgan fingerprint density at radius 2 is 1.65 bits per heavy atom. The van der Waals surface area contributed by atoms with E-state index in [1.807, 2.05) is 26.0 Å². The molecule has 0 radical (unpaired) electrons. The van der Waals surface area contributed by atoms with Gasteiger partial charge >= 0.3 is 0 Å². The van der Waals surface area contributed by atoms with Crippen molar-refractivity contribution in [2.24, 2.45) is 0 Å². The Hall–Kier alpha value is -2.43. The zero-order chi connectivity index (χ0) is 17.0. The molecule has 0 aliphatic carbocycles. The molecule has 5 heteroatoms. The van der Waals surface area contributed by atoms with Gasteiger partial charge in [0.25, 0.3) is 5.91 Å². The summed E-state index contributed by atoms with van der Waals surface area (Å²) in [6, 6.07) is 11.7. The van der Waals surface area contributed by atoms with Gasteiger partial charge in [-0.1, -0.05) is 32.9 Å². The second kappa shape index (κ2) is 6.77. The van der Waals surface area contributed by atoms with Crippen LogP contribution in [0.3, 0.4) is 0 Å². The van der Waals surface area contributed by atoms with E-state index in [1.54, 1.807) is 12.1 Å². The van der Waals surface area contributed by atoms with Gasteiger partial charge in [0.1, 0.15) is 0 Å². The van der Waals surface area contributed by atoms with Crippen molar-refractivity contribution in [3.63, 3.8) is 0 Å². The predicted octanol–water partition coefficient (Wildman–Crippen LogP) is 3.66. The molecule has 2 aromatic rings. The third-order valence-corrected chi connectivity index (χ3v) is 3.34. The van der Waals surface area contributed by atoms with Crippen LogP contribution in [0.2, 0.25) is 0 Å². The van der Waals surface area contributed by atoms with Crippen LogP contribution in [0.5, 0.6) is 0 Å². The fourth-order valence-corrected chi connectivity index (χ4v) is 2.06. The predicted molar refractivity (Wildman–Crippen MR) is 93.1 cm³/mol. The van der Waals surface area contributed by atoms with E-state index in [-0.39, 0.29) is 17.4 Å². The number of rotatable bonds is 4. The maximum absolute atomic E-state index is 11.8. The highest BCUT2D eigenvalue weighted by Crippen LogP contribution is 2.24. The quantitative estimate of drug-likeness (QED) is 0.904. The van der Waals surface area contributed by atoms with Gasteiger partial charge in [0, 0.05) is 11.7 Å². The fourth-order valence-electron chi connectivity index (χ4n) is 2.06. The summed E-state index contributed by atoms with van der Waals surface area (Å²) in [5.74, 6) is 0.392. The van der Waals surface area contributed by atoms with Gasteiger partial charge in [0.15, 0.2) is 11.5 Å². The molecular formula is C18H24N4O. The number of benzene rings is 1. The van der Waals surface area contributed by atoms with E-state index in [1.165, 1.54) is 5.56 Å². The molecule has 1 amide bonds. The lowest BCUT2D eigenvalue weighted by Crippen LogP contribution is -2.30. The van der Waals surface area contributed by atoms with Crippen molar-refractivity contribution in [3.05, 3.63) is 47.7 Å². The number of amides is 1. The molecule has 0 saturated carbocycles. The Kier molecular flexibility index (Phi) is 4.98. The molecule has 2 rings (SSSR count). The van der Waals surface area contributed by atoms with Gasteiger partial charge in [-0.25, -0.2) is 0 Å². The second-order valence-corrected chi connectivity index (χ2v) is 6.88. The van der Waals surface area contributed by atoms with Crippen LogP contribution < -0.4 is 10.6 Å². The first-order valence-corrected chi connectivity index (χ1v) is 7.78. The number of nitrogens with one attached hydrogen (secondary N) is 2. The highest BCUT2D eigenvalue weighted by molar-refractivity contribution is 5.92. The standard InChI is InChI=1S/C18H24N4O/c1-12(2)19-17(23)15-10-11-16(22-21-15)20-14-8-6-13(7-9-14)18(3,4)5/h6-12H,1-5H3,(H,19,23)(H,20,22). The summed E-state index contributed by atoms with van der Waals surface area (Å²) in [6.07, 6.45) is 0. The molecule has 23 heavy (non-hydrogen) atoms. The highest BCUT2D eigenvalue weighted by Gasteiger charge is 2.13. The lowest BCUT2D eigenvalue weighted by atomic mass is 9.87. The second-order valence-electron chi connectivity index (χ2n) is 6.88. The van der Waals surface area contributed by atoms with Crippen LogP contribution in [0.4, 0.5) is 11.5 Å². The van der Waals surface area contributed by atoms with E-state index in [0.717, 1.165) is 5.69 Å². The Morgan fingerprint density at radius 3 is 2.13 bits per heavy atom. The number of nitrogens with zero attached hydrogens (tertiary/aromatic N) is 2. The van der Waals surface area contributed by atoms with Crippen molar-refractivity contribution in [3.8, 4) is 0 Å². The number of anilines is 2. The average molecular weight is 312 g/mol. The summed E-state index contributed by atoms with van der Waals surface area (Å²) in [5, 5.41) is 14.0. The van der Waals surface area contributed by atoms with Crippen LogP contribution in [0.25, 0.3) is 0 Å². The van der Waals surface area contributed by atoms with E-state index in [4.69, 9.17) is 0 Å². The number of carbonyl (C=O) groups is 1. The van der Waals surface area contributed by atoms with Crippen LogP contribution in [-0.4, -0.2) is 22.1 Å². The van der Waals surface area contributed by atoms with Gasteiger partial charge in [-0.3, -0.25) is 4.79 Å². The topological polar surface area (TPSA) is 66.9 Å². The van der Waals surface area contributed by atoms with Gasteiger partial charge in [-0.05, 0) is 49.1 Å². The normalized spacial score (nSPS) is 11.4. The highest BCUT2D eigenvalue weighted by atomic mass is 16.1. The molecule has 0 aliphatic heterocycles. The van der Waals surface area contributed by atoms with Crippen LogP contribution >= 0.6 is 0 Å². The first kappa shape index (κ1) is 16.9. The molecule has 1 aromatic carbocycles. The molecule has 5 nitrogen and oxygen atoms in total. The SMILES string of the molecule is CC(C)NC(=O)c1ccc(Nc2ccc(C(C)(C)C)cc2)nn1. The summed E-state index contributed by atoms with van der Waals surface area (Å²) >= 11 is 0. The third kappa shape index (κ3) is 4.77. The summed E-state index contributed by atoms with van der Waals surface area (Å²) in [7, 11) is 0. The average Bonchev–Trinajstić information content (AvgIpc) is 2.47. The van der Waals surface area contributed by atoms with Gasteiger partial charge in [-0.2, -0.15) is 0 Å². The Bertz CT molecular complexity index is 655.